The highest BCUT2D eigenvalue weighted by Gasteiger charge is 2.23. The van der Waals surface area contributed by atoms with Crippen LogP contribution in [0.2, 0.25) is 0 Å². The first kappa shape index (κ1) is 14.2. The Bertz CT molecular complexity index is 449. The summed E-state index contributed by atoms with van der Waals surface area (Å²) >= 11 is 0. The zero-order chi connectivity index (χ0) is 13.5. The topological polar surface area (TPSA) is 98.5 Å². The van der Waals surface area contributed by atoms with Gasteiger partial charge in [0.1, 0.15) is 6.10 Å². The summed E-state index contributed by atoms with van der Waals surface area (Å²) in [6.07, 6.45) is -2.39. The van der Waals surface area contributed by atoms with Gasteiger partial charge in [-0.05, 0) is 18.0 Å². The standard InChI is InChI=1S/C11H14FN3O3/c1-18-11-7(3-2-4-8(11)12)10(17)9(16)5-6-14-15-13/h2-4,9-10,16-17H,5-6H2,1H3. The van der Waals surface area contributed by atoms with Gasteiger partial charge in [0.2, 0.25) is 0 Å². The first-order valence-corrected chi connectivity index (χ1v) is 5.31. The largest absolute Gasteiger partial charge is 0.493 e. The van der Waals surface area contributed by atoms with Gasteiger partial charge in [0.15, 0.2) is 11.6 Å². The van der Waals surface area contributed by atoms with Gasteiger partial charge in [-0.25, -0.2) is 4.39 Å². The molecule has 0 fully saturated rings. The second kappa shape index (κ2) is 6.80. The zero-order valence-corrected chi connectivity index (χ0v) is 9.82. The summed E-state index contributed by atoms with van der Waals surface area (Å²) in [7, 11) is 1.28. The molecule has 0 bridgehead atoms. The minimum absolute atomic E-state index is 0.0480. The van der Waals surface area contributed by atoms with Crippen LogP contribution < -0.4 is 4.74 Å². The van der Waals surface area contributed by atoms with Crippen molar-refractivity contribution in [2.45, 2.75) is 18.6 Å². The molecular weight excluding hydrogens is 241 g/mol. The van der Waals surface area contributed by atoms with Crippen molar-refractivity contribution in [1.82, 2.24) is 0 Å². The number of ether oxygens (including phenoxy) is 1. The Balaban J connectivity index is 2.85. The fraction of sp³-hybridized carbons (Fsp3) is 0.455. The van der Waals surface area contributed by atoms with E-state index >= 15 is 0 Å². The van der Waals surface area contributed by atoms with Crippen molar-refractivity contribution in [2.24, 2.45) is 5.11 Å². The third-order valence-electron chi connectivity index (χ3n) is 2.47. The molecule has 18 heavy (non-hydrogen) atoms. The molecule has 7 heteroatoms. The minimum atomic E-state index is -1.30. The molecule has 98 valence electrons. The van der Waals surface area contributed by atoms with Crippen LogP contribution in [0, 0.1) is 5.82 Å². The highest BCUT2D eigenvalue weighted by molar-refractivity contribution is 5.37. The van der Waals surface area contributed by atoms with Gasteiger partial charge in [-0.1, -0.05) is 17.2 Å². The van der Waals surface area contributed by atoms with Gasteiger partial charge in [-0.2, -0.15) is 0 Å². The number of azide groups is 1. The van der Waals surface area contributed by atoms with Gasteiger partial charge >= 0.3 is 0 Å². The second-order valence-electron chi connectivity index (χ2n) is 3.62. The number of aliphatic hydroxyl groups is 2. The van der Waals surface area contributed by atoms with Crippen molar-refractivity contribution in [1.29, 1.82) is 0 Å². The quantitative estimate of drug-likeness (QED) is 0.461. The monoisotopic (exact) mass is 255 g/mol. The van der Waals surface area contributed by atoms with Crippen LogP contribution in [-0.2, 0) is 0 Å². The molecule has 0 aromatic heterocycles. The maximum absolute atomic E-state index is 13.4. The Labute approximate surface area is 103 Å². The Morgan fingerprint density at radius 3 is 2.83 bits per heavy atom. The lowest BCUT2D eigenvalue weighted by atomic mass is 10.0. The molecule has 1 rings (SSSR count). The summed E-state index contributed by atoms with van der Waals surface area (Å²) < 4.78 is 18.2. The fourth-order valence-electron chi connectivity index (χ4n) is 1.57. The Morgan fingerprint density at radius 1 is 1.50 bits per heavy atom. The molecule has 1 aromatic rings. The van der Waals surface area contributed by atoms with E-state index in [2.05, 4.69) is 10.0 Å². The van der Waals surface area contributed by atoms with E-state index in [0.717, 1.165) is 0 Å². The summed E-state index contributed by atoms with van der Waals surface area (Å²) in [4.78, 5) is 2.54. The molecule has 0 spiro atoms. The molecule has 0 heterocycles. The van der Waals surface area contributed by atoms with Crippen LogP contribution in [0.25, 0.3) is 10.4 Å². The average molecular weight is 255 g/mol. The van der Waals surface area contributed by atoms with E-state index in [9.17, 15) is 14.6 Å². The molecule has 0 saturated carbocycles. The van der Waals surface area contributed by atoms with Crippen molar-refractivity contribution in [3.63, 3.8) is 0 Å². The number of halogens is 1. The molecular formula is C11H14FN3O3. The summed E-state index contributed by atoms with van der Waals surface area (Å²) in [5, 5.41) is 22.8. The normalized spacial score (nSPS) is 13.6. The number of rotatable bonds is 6. The summed E-state index contributed by atoms with van der Waals surface area (Å²) in [6.45, 7) is 0.0480. The van der Waals surface area contributed by atoms with Crippen molar-refractivity contribution in [3.8, 4) is 5.75 Å². The smallest absolute Gasteiger partial charge is 0.165 e. The van der Waals surface area contributed by atoms with Gasteiger partial charge in [-0.3, -0.25) is 0 Å². The van der Waals surface area contributed by atoms with Gasteiger partial charge in [0, 0.05) is 17.0 Å². The zero-order valence-electron chi connectivity index (χ0n) is 9.82. The van der Waals surface area contributed by atoms with E-state index in [4.69, 9.17) is 10.3 Å². The predicted octanol–water partition coefficient (Wildman–Crippen LogP) is 1.93. The van der Waals surface area contributed by atoms with Crippen molar-refractivity contribution >= 4 is 0 Å². The molecule has 0 saturated heterocycles. The molecule has 2 unspecified atom stereocenters. The van der Waals surface area contributed by atoms with E-state index in [1.807, 2.05) is 0 Å². The summed E-state index contributed by atoms with van der Waals surface area (Å²) in [6, 6.07) is 4.07. The minimum Gasteiger partial charge on any atom is -0.493 e. The first-order valence-electron chi connectivity index (χ1n) is 5.31. The molecule has 0 aliphatic carbocycles. The van der Waals surface area contributed by atoms with Crippen molar-refractivity contribution in [3.05, 3.63) is 40.0 Å². The Hall–Kier alpha value is -1.82. The SMILES string of the molecule is COc1c(F)cccc1C(O)C(O)CCN=[N+]=[N-]. The van der Waals surface area contributed by atoms with Crippen LogP contribution in [0.3, 0.4) is 0 Å². The highest BCUT2D eigenvalue weighted by atomic mass is 19.1. The van der Waals surface area contributed by atoms with Gasteiger partial charge in [0.25, 0.3) is 0 Å². The molecule has 0 aliphatic heterocycles. The number of benzene rings is 1. The Morgan fingerprint density at radius 2 is 2.22 bits per heavy atom. The first-order chi connectivity index (χ1) is 8.61. The molecule has 2 atom stereocenters. The lowest BCUT2D eigenvalue weighted by Crippen LogP contribution is -2.20. The summed E-state index contributed by atoms with van der Waals surface area (Å²) in [5.41, 5.74) is 8.26. The lowest BCUT2D eigenvalue weighted by molar-refractivity contribution is 0.0134. The molecule has 0 amide bonds. The van der Waals surface area contributed by atoms with Crippen molar-refractivity contribution in [2.75, 3.05) is 13.7 Å². The maximum atomic E-state index is 13.4. The number of hydrogen-bond donors (Lipinski definition) is 2. The van der Waals surface area contributed by atoms with Crippen LogP contribution in [-0.4, -0.2) is 30.0 Å². The highest BCUT2D eigenvalue weighted by Crippen LogP contribution is 2.30. The predicted molar refractivity (Wildman–Crippen MR) is 62.5 cm³/mol. The maximum Gasteiger partial charge on any atom is 0.165 e. The summed E-state index contributed by atoms with van der Waals surface area (Å²) in [5.74, 6) is -0.718. The van der Waals surface area contributed by atoms with E-state index in [-0.39, 0.29) is 24.3 Å². The van der Waals surface area contributed by atoms with E-state index in [1.165, 1.54) is 25.3 Å². The molecule has 0 radical (unpaired) electrons. The number of para-hydroxylation sites is 1. The number of hydrogen-bond acceptors (Lipinski definition) is 4. The van der Waals surface area contributed by atoms with Crippen LogP contribution >= 0.6 is 0 Å². The van der Waals surface area contributed by atoms with Crippen LogP contribution in [0.15, 0.2) is 23.3 Å². The number of methoxy groups -OCH3 is 1. The Kier molecular flexibility index (Phi) is 5.38. The van der Waals surface area contributed by atoms with Crippen LogP contribution in [0.4, 0.5) is 4.39 Å². The second-order valence-corrected chi connectivity index (χ2v) is 3.62. The molecule has 6 nitrogen and oxygen atoms in total. The number of nitrogens with zero attached hydrogens (tertiary/aromatic N) is 3. The lowest BCUT2D eigenvalue weighted by Gasteiger charge is -2.19. The van der Waals surface area contributed by atoms with Gasteiger partial charge in [0.05, 0.1) is 13.2 Å². The average Bonchev–Trinajstić information content (AvgIpc) is 2.37. The fourth-order valence-corrected chi connectivity index (χ4v) is 1.57. The number of aliphatic hydroxyl groups excluding tert-OH is 2. The van der Waals surface area contributed by atoms with Gasteiger partial charge < -0.3 is 14.9 Å². The van der Waals surface area contributed by atoms with E-state index in [1.54, 1.807) is 0 Å². The van der Waals surface area contributed by atoms with Crippen LogP contribution in [0.1, 0.15) is 18.1 Å². The third-order valence-corrected chi connectivity index (χ3v) is 2.47. The van der Waals surface area contributed by atoms with E-state index in [0.29, 0.717) is 0 Å². The van der Waals surface area contributed by atoms with Crippen molar-refractivity contribution < 1.29 is 19.3 Å². The molecule has 2 N–H and O–H groups in total. The van der Waals surface area contributed by atoms with E-state index < -0.39 is 18.0 Å². The molecule has 0 aliphatic rings. The molecule has 1 aromatic carbocycles. The van der Waals surface area contributed by atoms with Crippen LogP contribution in [0.5, 0.6) is 5.75 Å². The third kappa shape index (κ3) is 3.33. The van der Waals surface area contributed by atoms with Gasteiger partial charge in [-0.15, -0.1) is 0 Å².